The largest absolute Gasteiger partial charge is 0.352 e. The highest BCUT2D eigenvalue weighted by Crippen LogP contribution is 2.32. The van der Waals surface area contributed by atoms with Gasteiger partial charge in [0.25, 0.3) is 0 Å². The molecule has 0 bridgehead atoms. The van der Waals surface area contributed by atoms with E-state index in [1.807, 2.05) is 23.0 Å². The summed E-state index contributed by atoms with van der Waals surface area (Å²) in [6.07, 6.45) is 3.68. The Labute approximate surface area is 138 Å². The Balaban J connectivity index is 1.61. The summed E-state index contributed by atoms with van der Waals surface area (Å²) in [5.41, 5.74) is 2.81. The summed E-state index contributed by atoms with van der Waals surface area (Å²) in [6.45, 7) is 1.36. The zero-order valence-electron chi connectivity index (χ0n) is 12.9. The molecule has 0 spiro atoms. The third-order valence-corrected chi connectivity index (χ3v) is 4.17. The van der Waals surface area contributed by atoms with Crippen LogP contribution in [0, 0.1) is 11.6 Å². The molecule has 0 N–H and O–H groups in total. The van der Waals surface area contributed by atoms with E-state index in [2.05, 4.69) is 4.90 Å². The summed E-state index contributed by atoms with van der Waals surface area (Å²) in [5, 5.41) is 0. The Kier molecular flexibility index (Phi) is 3.78. The third-order valence-electron chi connectivity index (χ3n) is 4.17. The van der Waals surface area contributed by atoms with Crippen molar-refractivity contribution in [1.29, 1.82) is 0 Å². The predicted molar refractivity (Wildman–Crippen MR) is 88.2 cm³/mol. The van der Waals surface area contributed by atoms with Crippen molar-refractivity contribution in [3.05, 3.63) is 84.2 Å². The Morgan fingerprint density at radius 1 is 0.833 bits per heavy atom. The molecule has 4 rings (SSSR count). The van der Waals surface area contributed by atoms with Gasteiger partial charge in [-0.25, -0.2) is 8.78 Å². The predicted octanol–water partition coefficient (Wildman–Crippen LogP) is 4.29. The first kappa shape index (κ1) is 14.9. The normalized spacial score (nSPS) is 17.4. The van der Waals surface area contributed by atoms with E-state index in [0.29, 0.717) is 6.61 Å². The van der Waals surface area contributed by atoms with Crippen LogP contribution in [0.15, 0.2) is 67.0 Å². The summed E-state index contributed by atoms with van der Waals surface area (Å²) in [4.78, 5) is 2.10. The maximum absolute atomic E-state index is 13.1. The number of anilines is 1. The minimum Gasteiger partial charge on any atom is -0.352 e. The van der Waals surface area contributed by atoms with E-state index in [4.69, 9.17) is 4.74 Å². The van der Waals surface area contributed by atoms with E-state index in [9.17, 15) is 8.78 Å². The minimum absolute atomic E-state index is 0.211. The number of ether oxygens (including phenoxy) is 1. The number of hydrogen-bond donors (Lipinski definition) is 0. The lowest BCUT2D eigenvalue weighted by Gasteiger charge is -2.24. The van der Waals surface area contributed by atoms with E-state index in [0.717, 1.165) is 23.5 Å². The molecule has 1 saturated heterocycles. The van der Waals surface area contributed by atoms with Crippen LogP contribution in [0.4, 0.5) is 14.5 Å². The number of halogens is 2. The van der Waals surface area contributed by atoms with Crippen LogP contribution in [0.2, 0.25) is 0 Å². The lowest BCUT2D eigenvalue weighted by atomic mass is 10.2. The second-order valence-electron chi connectivity index (χ2n) is 5.72. The molecule has 122 valence electrons. The van der Waals surface area contributed by atoms with Crippen LogP contribution < -0.4 is 4.90 Å². The highest BCUT2D eigenvalue weighted by Gasteiger charge is 2.27. The molecule has 5 heteroatoms. The van der Waals surface area contributed by atoms with Crippen molar-refractivity contribution in [3.8, 4) is 5.69 Å². The standard InChI is InChI=1S/C19H16F2N2O/c20-15-1-5-17(6-2-15)22-10-9-14(13-22)19-23(11-12-24-19)18-7-3-16(21)4-8-18/h1-10,13,19H,11-12H2/t19-/m1/s1. The van der Waals surface area contributed by atoms with Crippen LogP contribution in [0.1, 0.15) is 11.8 Å². The average Bonchev–Trinajstić information content (AvgIpc) is 3.25. The quantitative estimate of drug-likeness (QED) is 0.714. The first-order valence-electron chi connectivity index (χ1n) is 7.78. The summed E-state index contributed by atoms with van der Waals surface area (Å²) in [7, 11) is 0. The maximum atomic E-state index is 13.1. The van der Waals surface area contributed by atoms with Crippen molar-refractivity contribution in [2.75, 3.05) is 18.1 Å². The molecule has 2 aromatic carbocycles. The smallest absolute Gasteiger partial charge is 0.158 e. The number of rotatable bonds is 3. The fraction of sp³-hybridized carbons (Fsp3) is 0.158. The number of aromatic nitrogens is 1. The first-order chi connectivity index (χ1) is 11.7. The second kappa shape index (κ2) is 6.09. The van der Waals surface area contributed by atoms with Crippen LogP contribution in [0.25, 0.3) is 5.69 Å². The molecule has 1 fully saturated rings. The molecule has 1 atom stereocenters. The van der Waals surface area contributed by atoms with Gasteiger partial charge < -0.3 is 14.2 Å². The van der Waals surface area contributed by atoms with Crippen LogP contribution in [0.3, 0.4) is 0 Å². The summed E-state index contributed by atoms with van der Waals surface area (Å²) in [6, 6.07) is 14.7. The van der Waals surface area contributed by atoms with E-state index in [-0.39, 0.29) is 17.9 Å². The fourth-order valence-corrected chi connectivity index (χ4v) is 2.98. The number of benzene rings is 2. The van der Waals surface area contributed by atoms with E-state index in [1.165, 1.54) is 24.3 Å². The molecule has 0 amide bonds. The molecule has 1 aliphatic rings. The van der Waals surface area contributed by atoms with Crippen molar-refractivity contribution in [3.63, 3.8) is 0 Å². The van der Waals surface area contributed by atoms with Crippen molar-refractivity contribution in [2.45, 2.75) is 6.23 Å². The van der Waals surface area contributed by atoms with Crippen LogP contribution >= 0.6 is 0 Å². The molecule has 0 unspecified atom stereocenters. The van der Waals surface area contributed by atoms with E-state index >= 15 is 0 Å². The topological polar surface area (TPSA) is 17.4 Å². The molecule has 3 aromatic rings. The van der Waals surface area contributed by atoms with Gasteiger partial charge in [-0.2, -0.15) is 0 Å². The Bertz CT molecular complexity index is 827. The molecule has 1 aromatic heterocycles. The minimum atomic E-state index is -0.257. The SMILES string of the molecule is Fc1ccc(N2CCO[C@@H]2c2ccn(-c3ccc(F)cc3)c2)cc1. The highest BCUT2D eigenvalue weighted by atomic mass is 19.1. The van der Waals surface area contributed by atoms with E-state index < -0.39 is 0 Å². The Hall–Kier alpha value is -2.66. The van der Waals surface area contributed by atoms with Gasteiger partial charge in [0, 0.05) is 35.9 Å². The Morgan fingerprint density at radius 2 is 1.46 bits per heavy atom. The number of hydrogen-bond acceptors (Lipinski definition) is 2. The molecule has 0 saturated carbocycles. The van der Waals surface area contributed by atoms with Gasteiger partial charge >= 0.3 is 0 Å². The summed E-state index contributed by atoms with van der Waals surface area (Å²) in [5.74, 6) is -0.509. The summed E-state index contributed by atoms with van der Waals surface area (Å²) >= 11 is 0. The number of nitrogens with zero attached hydrogens (tertiary/aromatic N) is 2. The van der Waals surface area contributed by atoms with Crippen LogP contribution in [-0.2, 0) is 4.74 Å². The second-order valence-corrected chi connectivity index (χ2v) is 5.72. The van der Waals surface area contributed by atoms with Crippen LogP contribution in [0.5, 0.6) is 0 Å². The van der Waals surface area contributed by atoms with Gasteiger partial charge in [0.1, 0.15) is 11.6 Å². The van der Waals surface area contributed by atoms with Crippen molar-refractivity contribution < 1.29 is 13.5 Å². The molecular weight excluding hydrogens is 310 g/mol. The van der Waals surface area contributed by atoms with Gasteiger partial charge in [-0.15, -0.1) is 0 Å². The Morgan fingerprint density at radius 3 is 2.12 bits per heavy atom. The molecule has 2 heterocycles. The third kappa shape index (κ3) is 2.78. The zero-order chi connectivity index (χ0) is 16.5. The first-order valence-corrected chi connectivity index (χ1v) is 7.78. The van der Waals surface area contributed by atoms with Gasteiger partial charge in [-0.3, -0.25) is 0 Å². The molecule has 0 aliphatic carbocycles. The zero-order valence-corrected chi connectivity index (χ0v) is 12.9. The average molecular weight is 326 g/mol. The molecule has 1 aliphatic heterocycles. The van der Waals surface area contributed by atoms with Crippen molar-refractivity contribution in [1.82, 2.24) is 4.57 Å². The molecule has 0 radical (unpaired) electrons. The van der Waals surface area contributed by atoms with E-state index in [1.54, 1.807) is 24.3 Å². The lowest BCUT2D eigenvalue weighted by molar-refractivity contribution is 0.114. The summed E-state index contributed by atoms with van der Waals surface area (Å²) < 4.78 is 34.0. The van der Waals surface area contributed by atoms with Gasteiger partial charge in [-0.1, -0.05) is 0 Å². The van der Waals surface area contributed by atoms with Gasteiger partial charge in [0.15, 0.2) is 6.23 Å². The van der Waals surface area contributed by atoms with Crippen LogP contribution in [-0.4, -0.2) is 17.7 Å². The fourth-order valence-electron chi connectivity index (χ4n) is 2.98. The lowest BCUT2D eigenvalue weighted by Crippen LogP contribution is -2.22. The molecular formula is C19H16F2N2O. The van der Waals surface area contributed by atoms with Crippen molar-refractivity contribution in [2.24, 2.45) is 0 Å². The maximum Gasteiger partial charge on any atom is 0.158 e. The van der Waals surface area contributed by atoms with Gasteiger partial charge in [0.2, 0.25) is 0 Å². The van der Waals surface area contributed by atoms with Gasteiger partial charge in [-0.05, 0) is 54.6 Å². The highest BCUT2D eigenvalue weighted by molar-refractivity contribution is 5.49. The van der Waals surface area contributed by atoms with Crippen molar-refractivity contribution >= 4 is 5.69 Å². The monoisotopic (exact) mass is 326 g/mol. The van der Waals surface area contributed by atoms with Gasteiger partial charge in [0.05, 0.1) is 6.61 Å². The molecule has 24 heavy (non-hydrogen) atoms. The molecule has 3 nitrogen and oxygen atoms in total.